The van der Waals surface area contributed by atoms with Crippen molar-refractivity contribution in [2.75, 3.05) is 0 Å². The van der Waals surface area contributed by atoms with Gasteiger partial charge >= 0.3 is 63.3 Å². The van der Waals surface area contributed by atoms with Crippen molar-refractivity contribution in [1.82, 2.24) is 0 Å². The molecule has 0 amide bonds. The summed E-state index contributed by atoms with van der Waals surface area (Å²) in [7, 11) is 0. The molecule has 0 aromatic rings. The molecule has 0 saturated heterocycles. The third-order valence-electron chi connectivity index (χ3n) is 0.302. The molecule has 2 N–H and O–H groups in total. The molecule has 0 aromatic carbocycles. The van der Waals surface area contributed by atoms with Gasteiger partial charge in [-0.05, 0) is 0 Å². The standard InChI is InChI=1S/C3H4O4.K.H/c4-2(5)1-3(6)7;;/h1H2,(H,4,5)(H,6,7);;. The van der Waals surface area contributed by atoms with E-state index < -0.39 is 18.4 Å². The van der Waals surface area contributed by atoms with Crippen LogP contribution in [0.5, 0.6) is 0 Å². The molecule has 0 aliphatic heterocycles. The fourth-order valence-corrected chi connectivity index (χ4v) is 0.129. The molecule has 0 aliphatic carbocycles. The van der Waals surface area contributed by atoms with Gasteiger partial charge in [-0.1, -0.05) is 0 Å². The number of carboxylic acids is 2. The van der Waals surface area contributed by atoms with E-state index in [9.17, 15) is 9.59 Å². The van der Waals surface area contributed by atoms with Crippen LogP contribution in [0, 0.1) is 0 Å². The van der Waals surface area contributed by atoms with Gasteiger partial charge in [0.2, 0.25) is 0 Å². The molecule has 0 atom stereocenters. The third kappa shape index (κ3) is 9.76. The fourth-order valence-electron chi connectivity index (χ4n) is 0.129. The maximum atomic E-state index is 9.43. The summed E-state index contributed by atoms with van der Waals surface area (Å²) in [5.41, 5.74) is 0. The van der Waals surface area contributed by atoms with Crippen molar-refractivity contribution in [2.45, 2.75) is 6.42 Å². The molecule has 5 heteroatoms. The number of rotatable bonds is 2. The van der Waals surface area contributed by atoms with E-state index in [0.717, 1.165) is 0 Å². The fraction of sp³-hybridized carbons (Fsp3) is 0.333. The van der Waals surface area contributed by atoms with Crippen LogP contribution in [-0.2, 0) is 9.59 Å². The Labute approximate surface area is 88.3 Å². The van der Waals surface area contributed by atoms with Crippen LogP contribution in [0.3, 0.4) is 0 Å². The van der Waals surface area contributed by atoms with Crippen LogP contribution < -0.4 is 0 Å². The molecule has 42 valence electrons. The first kappa shape index (κ1) is 11.4. The van der Waals surface area contributed by atoms with Gasteiger partial charge in [0.05, 0.1) is 0 Å². The van der Waals surface area contributed by atoms with Crippen molar-refractivity contribution >= 4 is 63.3 Å². The number of carboxylic acid groups (broad SMARTS) is 2. The predicted molar refractivity (Wildman–Crippen MR) is 27.0 cm³/mol. The van der Waals surface area contributed by atoms with Crippen LogP contribution in [0.15, 0.2) is 0 Å². The van der Waals surface area contributed by atoms with Gasteiger partial charge in [0.15, 0.2) is 0 Å². The first-order chi connectivity index (χ1) is 3.13. The Balaban J connectivity index is 0. The monoisotopic (exact) mass is 144 g/mol. The Morgan fingerprint density at radius 3 is 1.38 bits per heavy atom. The van der Waals surface area contributed by atoms with Gasteiger partial charge in [-0.3, -0.25) is 9.59 Å². The average molecular weight is 144 g/mol. The Hall–Kier alpha value is 0.576. The van der Waals surface area contributed by atoms with Crippen LogP contribution in [-0.4, -0.2) is 73.5 Å². The molecule has 0 rings (SSSR count). The van der Waals surface area contributed by atoms with Crippen molar-refractivity contribution in [3.05, 3.63) is 0 Å². The van der Waals surface area contributed by atoms with Crippen LogP contribution in [0.4, 0.5) is 0 Å². The molecular formula is C3H5KO4. The SMILES string of the molecule is O=C(O)CC(=O)O.[KH]. The second kappa shape index (κ2) is 5.71. The summed E-state index contributed by atoms with van der Waals surface area (Å²) in [6, 6.07) is 0. The molecule has 0 bridgehead atoms. The van der Waals surface area contributed by atoms with E-state index in [0.29, 0.717) is 0 Å². The van der Waals surface area contributed by atoms with Crippen molar-refractivity contribution in [3.63, 3.8) is 0 Å². The van der Waals surface area contributed by atoms with E-state index in [1.807, 2.05) is 0 Å². The average Bonchev–Trinajstić information content (AvgIpc) is 1.27. The minimum absolute atomic E-state index is 0. The van der Waals surface area contributed by atoms with Crippen molar-refractivity contribution in [1.29, 1.82) is 0 Å². The van der Waals surface area contributed by atoms with E-state index >= 15 is 0 Å². The summed E-state index contributed by atoms with van der Waals surface area (Å²) < 4.78 is 0. The molecule has 0 saturated carbocycles. The maximum absolute atomic E-state index is 9.43. The van der Waals surface area contributed by atoms with Crippen molar-refractivity contribution in [2.24, 2.45) is 0 Å². The quantitative estimate of drug-likeness (QED) is 0.381. The number of aliphatic carboxylic acids is 2. The van der Waals surface area contributed by atoms with Crippen LogP contribution in [0.25, 0.3) is 0 Å². The Morgan fingerprint density at radius 1 is 1.12 bits per heavy atom. The van der Waals surface area contributed by atoms with Gasteiger partial charge < -0.3 is 10.2 Å². The summed E-state index contributed by atoms with van der Waals surface area (Å²) in [6.07, 6.45) is -0.806. The van der Waals surface area contributed by atoms with Crippen molar-refractivity contribution < 1.29 is 19.8 Å². The second-order valence-electron chi connectivity index (χ2n) is 0.964. The summed E-state index contributed by atoms with van der Waals surface area (Å²) in [6.45, 7) is 0. The molecule has 8 heavy (non-hydrogen) atoms. The molecule has 0 heterocycles. The molecule has 0 fully saturated rings. The van der Waals surface area contributed by atoms with Gasteiger partial charge in [0, 0.05) is 0 Å². The topological polar surface area (TPSA) is 74.6 Å². The predicted octanol–water partition coefficient (Wildman–Crippen LogP) is -1.10. The Bertz CT molecular complexity index is 87.5. The summed E-state index contributed by atoms with van der Waals surface area (Å²) in [4.78, 5) is 18.9. The zero-order valence-corrected chi connectivity index (χ0v) is 3.42. The Kier molecular flexibility index (Phi) is 8.12. The van der Waals surface area contributed by atoms with E-state index in [-0.39, 0.29) is 51.4 Å². The van der Waals surface area contributed by atoms with Gasteiger partial charge in [-0.25, -0.2) is 0 Å². The zero-order chi connectivity index (χ0) is 5.86. The van der Waals surface area contributed by atoms with Gasteiger partial charge in [-0.15, -0.1) is 0 Å². The second-order valence-corrected chi connectivity index (χ2v) is 0.964. The van der Waals surface area contributed by atoms with E-state index in [4.69, 9.17) is 10.2 Å². The number of hydrogen-bond acceptors (Lipinski definition) is 2. The molecular weight excluding hydrogens is 139 g/mol. The molecule has 4 nitrogen and oxygen atoms in total. The summed E-state index contributed by atoms with van der Waals surface area (Å²) >= 11 is 0. The zero-order valence-electron chi connectivity index (χ0n) is 3.42. The molecule has 0 aromatic heterocycles. The van der Waals surface area contributed by atoms with Crippen molar-refractivity contribution in [3.8, 4) is 0 Å². The van der Waals surface area contributed by atoms with E-state index in [1.165, 1.54) is 0 Å². The molecule has 0 spiro atoms. The van der Waals surface area contributed by atoms with Crippen LogP contribution in [0.2, 0.25) is 0 Å². The Morgan fingerprint density at radius 2 is 1.38 bits per heavy atom. The summed E-state index contributed by atoms with van der Waals surface area (Å²) in [5.74, 6) is -2.62. The first-order valence-corrected chi connectivity index (χ1v) is 1.56. The van der Waals surface area contributed by atoms with Crippen LogP contribution in [0.1, 0.15) is 6.42 Å². The van der Waals surface area contributed by atoms with Gasteiger partial charge in [0.25, 0.3) is 0 Å². The number of hydrogen-bond donors (Lipinski definition) is 2. The number of carbonyl (C=O) groups is 2. The molecule has 0 radical (unpaired) electrons. The van der Waals surface area contributed by atoms with Crippen LogP contribution >= 0.6 is 0 Å². The van der Waals surface area contributed by atoms with Gasteiger partial charge in [0.1, 0.15) is 6.42 Å². The molecule has 0 aliphatic rings. The third-order valence-corrected chi connectivity index (χ3v) is 0.302. The molecule has 0 unspecified atom stereocenters. The van der Waals surface area contributed by atoms with Gasteiger partial charge in [-0.2, -0.15) is 0 Å². The normalized spacial score (nSPS) is 7.00. The first-order valence-electron chi connectivity index (χ1n) is 1.56. The van der Waals surface area contributed by atoms with E-state index in [2.05, 4.69) is 0 Å². The minimum atomic E-state index is -1.31. The summed E-state index contributed by atoms with van der Waals surface area (Å²) in [5, 5.41) is 15.4. The van der Waals surface area contributed by atoms with E-state index in [1.54, 1.807) is 0 Å².